The van der Waals surface area contributed by atoms with E-state index in [1.807, 2.05) is 0 Å². The molecule has 3 aliphatic rings. The third-order valence-electron chi connectivity index (χ3n) is 6.44. The average Bonchev–Trinajstić information content (AvgIpc) is 2.72. The molecule has 2 radical (unpaired) electrons. The van der Waals surface area contributed by atoms with Gasteiger partial charge in [-0.2, -0.15) is 0 Å². The van der Waals surface area contributed by atoms with Crippen molar-refractivity contribution in [2.24, 2.45) is 11.3 Å². The van der Waals surface area contributed by atoms with Crippen molar-refractivity contribution in [2.75, 3.05) is 7.11 Å². The molecule has 8 heteroatoms. The Bertz CT molecular complexity index is 780. The Morgan fingerprint density at radius 3 is 2.16 bits per heavy atom. The van der Waals surface area contributed by atoms with Gasteiger partial charge in [-0.3, -0.25) is 0 Å². The summed E-state index contributed by atoms with van der Waals surface area (Å²) in [6, 6.07) is 5.44. The minimum absolute atomic E-state index is 0.386. The van der Waals surface area contributed by atoms with Crippen molar-refractivity contribution in [3.63, 3.8) is 0 Å². The van der Waals surface area contributed by atoms with Crippen molar-refractivity contribution in [2.45, 2.75) is 76.6 Å². The Hall–Kier alpha value is -2.22. The van der Waals surface area contributed by atoms with Crippen LogP contribution in [0.3, 0.4) is 0 Å². The number of aliphatic hydroxyl groups is 1. The number of methoxy groups -OCH3 is 1. The van der Waals surface area contributed by atoms with E-state index in [2.05, 4.69) is 5.32 Å². The molecule has 2 N–H and O–H groups in total. The lowest BCUT2D eigenvalue weighted by Crippen LogP contribution is -2.57. The summed E-state index contributed by atoms with van der Waals surface area (Å²) in [4.78, 5) is 24.4. The second-order valence-electron chi connectivity index (χ2n) is 9.73. The van der Waals surface area contributed by atoms with Crippen LogP contribution < -0.4 is 10.1 Å². The molecule has 31 heavy (non-hydrogen) atoms. The van der Waals surface area contributed by atoms with Crippen LogP contribution in [0.5, 0.6) is 5.75 Å². The monoisotopic (exact) mass is 429 g/mol. The van der Waals surface area contributed by atoms with Crippen molar-refractivity contribution in [3.8, 4) is 5.75 Å². The molecule has 3 saturated carbocycles. The predicted octanol–water partition coefficient (Wildman–Crippen LogP) is 3.59. The van der Waals surface area contributed by atoms with Gasteiger partial charge in [0.2, 0.25) is 0 Å². The number of benzene rings is 1. The van der Waals surface area contributed by atoms with Crippen LogP contribution in [-0.2, 0) is 14.3 Å². The molecule has 0 aliphatic heterocycles. The number of alkyl carbamates (subject to hydrolysis) is 1. The molecule has 3 aliphatic carbocycles. The minimum atomic E-state index is -1.77. The molecule has 1 aromatic rings. The highest BCUT2D eigenvalue weighted by atomic mass is 16.6. The number of esters is 1. The van der Waals surface area contributed by atoms with Crippen molar-refractivity contribution < 1.29 is 28.9 Å². The van der Waals surface area contributed by atoms with Gasteiger partial charge in [0.1, 0.15) is 11.4 Å². The van der Waals surface area contributed by atoms with Crippen LogP contribution in [0, 0.1) is 11.3 Å². The highest BCUT2D eigenvalue weighted by molar-refractivity contribution is 6.14. The Labute approximate surface area is 185 Å². The summed E-state index contributed by atoms with van der Waals surface area (Å²) >= 11 is 0. The number of hydrogen-bond donors (Lipinski definition) is 2. The first-order valence-corrected chi connectivity index (χ1v) is 10.8. The highest BCUT2D eigenvalue weighted by Crippen LogP contribution is 2.55. The number of carbonyl (C=O) groups is 2. The molecule has 2 atom stereocenters. The number of carbonyl (C=O) groups excluding carboxylic acids is 2. The minimum Gasteiger partial charge on any atom is -0.472 e. The summed E-state index contributed by atoms with van der Waals surface area (Å²) in [5.41, 5.74) is -2.42. The summed E-state index contributed by atoms with van der Waals surface area (Å²) in [5.74, 6) is 0.495. The van der Waals surface area contributed by atoms with Gasteiger partial charge in [-0.15, -0.1) is 0 Å². The Kier molecular flexibility index (Phi) is 6.60. The van der Waals surface area contributed by atoms with E-state index in [9.17, 15) is 14.7 Å². The fourth-order valence-electron chi connectivity index (χ4n) is 4.62. The second kappa shape index (κ2) is 8.73. The lowest BCUT2D eigenvalue weighted by atomic mass is 9.53. The van der Waals surface area contributed by atoms with Gasteiger partial charge in [-0.05, 0) is 82.9 Å². The van der Waals surface area contributed by atoms with E-state index in [0.717, 1.165) is 44.4 Å². The van der Waals surface area contributed by atoms with Crippen molar-refractivity contribution in [3.05, 3.63) is 29.8 Å². The van der Waals surface area contributed by atoms with Gasteiger partial charge in [0.05, 0.1) is 7.11 Å². The first-order chi connectivity index (χ1) is 14.4. The fourth-order valence-corrected chi connectivity index (χ4v) is 4.62. The number of hydrogen-bond acceptors (Lipinski definition) is 6. The molecule has 2 bridgehead atoms. The van der Waals surface area contributed by atoms with Gasteiger partial charge in [0, 0.05) is 5.41 Å². The molecule has 0 spiro atoms. The third kappa shape index (κ3) is 5.35. The molecular weight excluding hydrogens is 397 g/mol. The summed E-state index contributed by atoms with van der Waals surface area (Å²) in [5, 5.41) is 13.5. The van der Waals surface area contributed by atoms with Crippen LogP contribution in [0.1, 0.15) is 70.9 Å². The smallest absolute Gasteiger partial charge is 0.408 e. The lowest BCUT2D eigenvalue weighted by molar-refractivity contribution is -0.191. The molecule has 0 aromatic heterocycles. The van der Waals surface area contributed by atoms with Crippen LogP contribution in [0.4, 0.5) is 4.79 Å². The third-order valence-corrected chi connectivity index (χ3v) is 6.44. The molecule has 1 aromatic carbocycles. The molecule has 2 unspecified atom stereocenters. The topological polar surface area (TPSA) is 94.1 Å². The number of nitrogens with one attached hydrogen (secondary N) is 1. The molecule has 168 valence electrons. The molecule has 0 saturated heterocycles. The van der Waals surface area contributed by atoms with E-state index in [-0.39, 0.29) is 0 Å². The van der Waals surface area contributed by atoms with Crippen LogP contribution >= 0.6 is 0 Å². The zero-order valence-corrected chi connectivity index (χ0v) is 18.8. The van der Waals surface area contributed by atoms with Gasteiger partial charge in [0.25, 0.3) is 0 Å². The quantitative estimate of drug-likeness (QED) is 0.408. The maximum absolute atomic E-state index is 12.2. The van der Waals surface area contributed by atoms with Crippen molar-refractivity contribution in [1.29, 1.82) is 0 Å². The largest absolute Gasteiger partial charge is 0.472 e. The molecule has 3 fully saturated rings. The average molecular weight is 429 g/mol. The van der Waals surface area contributed by atoms with Crippen LogP contribution in [0.25, 0.3) is 0 Å². The maximum Gasteiger partial charge on any atom is 0.408 e. The molecule has 0 heterocycles. The standard InChI is InChI=1S/C23H32BNO6/c1-21(2,3)31-20(27)25-18(19(26)29-4)16-5-7-17(8-6-16)30-23(24,28)22-12-9-15(10-13-22)11-14-22/h5-8,15,18,28H,9-14H2,1-4H3,(H,25,27). The summed E-state index contributed by atoms with van der Waals surface area (Å²) in [6.45, 7) is 5.20. The van der Waals surface area contributed by atoms with Crippen molar-refractivity contribution >= 4 is 19.9 Å². The fraction of sp³-hybridized carbons (Fsp3) is 0.652. The van der Waals surface area contributed by atoms with Gasteiger partial charge >= 0.3 is 12.1 Å². The SMILES string of the molecule is [B]C(O)(Oc1ccc(C(NC(=O)OC(C)(C)C)C(=O)OC)cc1)C12CCC(CC1)CC2. The number of ether oxygens (including phenoxy) is 3. The summed E-state index contributed by atoms with van der Waals surface area (Å²) < 4.78 is 15.9. The molecular formula is C23H32BNO6. The lowest BCUT2D eigenvalue weighted by Gasteiger charge is -2.53. The second-order valence-corrected chi connectivity index (χ2v) is 9.73. The first kappa shape index (κ1) is 23.4. The highest BCUT2D eigenvalue weighted by Gasteiger charge is 2.52. The van der Waals surface area contributed by atoms with Gasteiger partial charge in [-0.1, -0.05) is 12.1 Å². The first-order valence-electron chi connectivity index (χ1n) is 10.8. The molecule has 1 amide bonds. The Balaban J connectivity index is 1.72. The van der Waals surface area contributed by atoms with Gasteiger partial charge < -0.3 is 24.6 Å². The van der Waals surface area contributed by atoms with E-state index in [1.54, 1.807) is 45.0 Å². The van der Waals surface area contributed by atoms with Crippen molar-refractivity contribution in [1.82, 2.24) is 5.32 Å². The normalized spacial score (nSPS) is 25.8. The molecule has 4 rings (SSSR count). The number of amides is 1. The Morgan fingerprint density at radius 2 is 1.68 bits per heavy atom. The van der Waals surface area contributed by atoms with E-state index in [4.69, 9.17) is 22.1 Å². The van der Waals surface area contributed by atoms with E-state index in [1.165, 1.54) is 7.11 Å². The summed E-state index contributed by atoms with van der Waals surface area (Å²) in [7, 11) is 7.52. The van der Waals surface area contributed by atoms with Crippen LogP contribution in [0.2, 0.25) is 0 Å². The number of fused-ring (bicyclic) bond motifs is 3. The zero-order chi connectivity index (χ0) is 22.9. The predicted molar refractivity (Wildman–Crippen MR) is 116 cm³/mol. The summed E-state index contributed by atoms with van der Waals surface area (Å²) in [6.07, 6.45) is 5.04. The van der Waals surface area contributed by atoms with E-state index >= 15 is 0 Å². The van der Waals surface area contributed by atoms with Gasteiger partial charge in [0.15, 0.2) is 19.6 Å². The van der Waals surface area contributed by atoms with Crippen LogP contribution in [-0.4, -0.2) is 43.4 Å². The van der Waals surface area contributed by atoms with Crippen LogP contribution in [0.15, 0.2) is 24.3 Å². The van der Waals surface area contributed by atoms with E-state index in [0.29, 0.717) is 11.3 Å². The zero-order valence-electron chi connectivity index (χ0n) is 18.8. The van der Waals surface area contributed by atoms with E-state index < -0.39 is 34.8 Å². The Morgan fingerprint density at radius 1 is 1.13 bits per heavy atom. The number of rotatable bonds is 6. The van der Waals surface area contributed by atoms with Gasteiger partial charge in [-0.25, -0.2) is 9.59 Å². The maximum atomic E-state index is 12.2. The molecule has 7 nitrogen and oxygen atoms in total.